The van der Waals surface area contributed by atoms with Crippen LogP contribution in [-0.4, -0.2) is 47.2 Å². The first-order valence-electron chi connectivity index (χ1n) is 9.00. The number of carbonyl (C=O) groups is 2. The molecule has 0 radical (unpaired) electrons. The van der Waals surface area contributed by atoms with E-state index in [1.165, 1.54) is 16.9 Å². The van der Waals surface area contributed by atoms with Gasteiger partial charge in [-0.2, -0.15) is 0 Å². The highest BCUT2D eigenvalue weighted by Gasteiger charge is 2.40. The summed E-state index contributed by atoms with van der Waals surface area (Å²) in [4.78, 5) is 28.2. The number of rotatable bonds is 5. The van der Waals surface area contributed by atoms with Crippen LogP contribution in [0.5, 0.6) is 5.75 Å². The summed E-state index contributed by atoms with van der Waals surface area (Å²) in [6.07, 6.45) is 1.77. The summed E-state index contributed by atoms with van der Waals surface area (Å²) >= 11 is 5.55. The molecule has 1 aliphatic heterocycles. The van der Waals surface area contributed by atoms with Crippen molar-refractivity contribution in [3.05, 3.63) is 53.0 Å². The van der Waals surface area contributed by atoms with Gasteiger partial charge in [-0.05, 0) is 68.0 Å². The number of aromatic nitrogens is 1. The summed E-state index contributed by atoms with van der Waals surface area (Å²) in [6, 6.07) is 9.00. The zero-order chi connectivity index (χ0) is 21.3. The van der Waals surface area contributed by atoms with Crippen molar-refractivity contribution in [3.8, 4) is 5.75 Å². The number of esters is 1. The van der Waals surface area contributed by atoms with Crippen LogP contribution in [0.2, 0.25) is 0 Å². The molecule has 1 fully saturated rings. The molecule has 1 saturated heterocycles. The lowest BCUT2D eigenvalue weighted by Gasteiger charge is -2.19. The molecule has 0 unspecified atom stereocenters. The van der Waals surface area contributed by atoms with Gasteiger partial charge in [-0.15, -0.1) is 0 Å². The van der Waals surface area contributed by atoms with E-state index in [4.69, 9.17) is 21.7 Å². The molecule has 0 aliphatic carbocycles. The molecular weight excluding hydrogens is 390 g/mol. The Kier molecular flexibility index (Phi) is 5.74. The fraction of sp³-hybridized carbons (Fsp3) is 0.286. The Balaban J connectivity index is 2.07. The third-order valence-electron chi connectivity index (χ3n) is 5.09. The lowest BCUT2D eigenvalue weighted by atomic mass is 10.2. The van der Waals surface area contributed by atoms with Crippen molar-refractivity contribution in [2.75, 3.05) is 25.7 Å². The second kappa shape index (κ2) is 8.08. The van der Waals surface area contributed by atoms with E-state index in [1.54, 1.807) is 37.5 Å². The summed E-state index contributed by atoms with van der Waals surface area (Å²) in [7, 11) is 4.84. The second-order valence-electron chi connectivity index (χ2n) is 6.70. The summed E-state index contributed by atoms with van der Waals surface area (Å²) in [5.41, 5.74) is 3.89. The van der Waals surface area contributed by atoms with E-state index in [0.29, 0.717) is 17.1 Å². The predicted molar refractivity (Wildman–Crippen MR) is 115 cm³/mol. The number of nitrogens with zero attached hydrogens (tertiary/aromatic N) is 3. The number of thiocarbonyl (C=S) groups is 1. The Hall–Kier alpha value is -3.13. The van der Waals surface area contributed by atoms with Crippen LogP contribution in [0, 0.1) is 13.8 Å². The van der Waals surface area contributed by atoms with E-state index >= 15 is 0 Å². The molecule has 1 aromatic heterocycles. The maximum atomic E-state index is 13.3. The van der Waals surface area contributed by atoms with Crippen LogP contribution < -0.4 is 9.64 Å². The van der Waals surface area contributed by atoms with Crippen LogP contribution in [0.1, 0.15) is 17.0 Å². The molecule has 0 spiro atoms. The van der Waals surface area contributed by atoms with Crippen LogP contribution in [0.25, 0.3) is 6.08 Å². The molecule has 8 heteroatoms. The second-order valence-corrected chi connectivity index (χ2v) is 7.06. The van der Waals surface area contributed by atoms with Gasteiger partial charge >= 0.3 is 5.97 Å². The summed E-state index contributed by atoms with van der Waals surface area (Å²) in [5.74, 6) is -0.113. The van der Waals surface area contributed by atoms with E-state index in [9.17, 15) is 9.59 Å². The molecule has 3 rings (SSSR count). The monoisotopic (exact) mass is 413 g/mol. The van der Waals surface area contributed by atoms with Crippen molar-refractivity contribution in [3.63, 3.8) is 0 Å². The van der Waals surface area contributed by atoms with E-state index in [2.05, 4.69) is 0 Å². The molecule has 0 saturated carbocycles. The molecule has 152 valence electrons. The van der Waals surface area contributed by atoms with Gasteiger partial charge in [0.2, 0.25) is 0 Å². The number of hydrogen-bond donors (Lipinski definition) is 0. The number of ether oxygens (including phenoxy) is 2. The number of hydrogen-bond acceptors (Lipinski definition) is 5. The molecule has 0 bridgehead atoms. The highest BCUT2D eigenvalue weighted by molar-refractivity contribution is 7.80. The Morgan fingerprint density at radius 2 is 1.83 bits per heavy atom. The zero-order valence-corrected chi connectivity index (χ0v) is 17.9. The number of carbonyl (C=O) groups excluding carboxylic acids is 2. The Morgan fingerprint density at radius 1 is 1.17 bits per heavy atom. The Bertz CT molecular complexity index is 1010. The molecule has 0 N–H and O–H groups in total. The average Bonchev–Trinajstić information content (AvgIpc) is 3.09. The highest BCUT2D eigenvalue weighted by atomic mass is 32.1. The number of benzene rings is 1. The average molecular weight is 413 g/mol. The lowest BCUT2D eigenvalue weighted by molar-refractivity contribution is -0.140. The fourth-order valence-electron chi connectivity index (χ4n) is 3.16. The molecule has 1 amide bonds. The van der Waals surface area contributed by atoms with Gasteiger partial charge in [0.25, 0.3) is 5.91 Å². The lowest BCUT2D eigenvalue weighted by Crippen LogP contribution is -2.35. The van der Waals surface area contributed by atoms with Gasteiger partial charge in [0.05, 0.1) is 19.9 Å². The molecule has 29 heavy (non-hydrogen) atoms. The predicted octanol–water partition coefficient (Wildman–Crippen LogP) is 2.80. The minimum atomic E-state index is -0.483. The van der Waals surface area contributed by atoms with E-state index < -0.39 is 5.97 Å². The first kappa shape index (κ1) is 20.6. The van der Waals surface area contributed by atoms with Crippen molar-refractivity contribution < 1.29 is 19.1 Å². The van der Waals surface area contributed by atoms with Crippen molar-refractivity contribution in [2.45, 2.75) is 13.8 Å². The highest BCUT2D eigenvalue weighted by Crippen LogP contribution is 2.31. The smallest absolute Gasteiger partial charge is 0.325 e. The number of methoxy groups -OCH3 is 2. The van der Waals surface area contributed by atoms with Crippen molar-refractivity contribution >= 4 is 41.0 Å². The van der Waals surface area contributed by atoms with E-state index in [0.717, 1.165) is 17.0 Å². The van der Waals surface area contributed by atoms with Gasteiger partial charge in [0.15, 0.2) is 5.11 Å². The van der Waals surface area contributed by atoms with Crippen LogP contribution >= 0.6 is 12.2 Å². The van der Waals surface area contributed by atoms with E-state index in [-0.39, 0.29) is 17.6 Å². The van der Waals surface area contributed by atoms with Gasteiger partial charge in [-0.25, -0.2) is 0 Å². The van der Waals surface area contributed by atoms with Crippen molar-refractivity contribution in [1.82, 2.24) is 9.47 Å². The van der Waals surface area contributed by atoms with Gasteiger partial charge in [0.1, 0.15) is 18.0 Å². The Labute approximate surface area is 175 Å². The maximum Gasteiger partial charge on any atom is 0.325 e. The number of anilines is 1. The third-order valence-corrected chi connectivity index (χ3v) is 5.49. The van der Waals surface area contributed by atoms with Crippen LogP contribution in [0.3, 0.4) is 0 Å². The fourth-order valence-corrected chi connectivity index (χ4v) is 3.51. The van der Waals surface area contributed by atoms with Crippen LogP contribution in [-0.2, 0) is 21.4 Å². The molecule has 0 atom stereocenters. The van der Waals surface area contributed by atoms with Crippen LogP contribution in [0.4, 0.5) is 5.69 Å². The van der Waals surface area contributed by atoms with Gasteiger partial charge in [-0.1, -0.05) is 0 Å². The summed E-state index contributed by atoms with van der Waals surface area (Å²) < 4.78 is 12.0. The molecule has 2 aromatic rings. The van der Waals surface area contributed by atoms with E-state index in [1.807, 2.05) is 31.5 Å². The van der Waals surface area contributed by atoms with Gasteiger partial charge in [0, 0.05) is 18.4 Å². The first-order chi connectivity index (χ1) is 13.8. The van der Waals surface area contributed by atoms with Crippen LogP contribution in [0.15, 0.2) is 36.0 Å². The van der Waals surface area contributed by atoms with Crippen molar-refractivity contribution in [2.24, 2.45) is 7.05 Å². The minimum absolute atomic E-state index is 0.148. The maximum absolute atomic E-state index is 13.3. The molecule has 7 nitrogen and oxygen atoms in total. The van der Waals surface area contributed by atoms with Gasteiger partial charge in [-0.3, -0.25) is 14.5 Å². The van der Waals surface area contributed by atoms with Crippen molar-refractivity contribution in [1.29, 1.82) is 0 Å². The molecule has 1 aliphatic rings. The normalized spacial score (nSPS) is 15.4. The largest absolute Gasteiger partial charge is 0.497 e. The minimum Gasteiger partial charge on any atom is -0.497 e. The Morgan fingerprint density at radius 3 is 2.34 bits per heavy atom. The standard InChI is InChI=1S/C21H23N3O4S/c1-13-10-15(14(2)22(13)3)11-18-20(26)24(16-6-8-17(27-4)9-7-16)21(29)23(18)12-19(25)28-5/h6-11H,12H2,1-5H3/b18-11+. The molecule has 2 heterocycles. The molecule has 1 aromatic carbocycles. The van der Waals surface area contributed by atoms with Gasteiger partial charge < -0.3 is 18.9 Å². The molecular formula is C21H23N3O4S. The topological polar surface area (TPSA) is 64.0 Å². The first-order valence-corrected chi connectivity index (χ1v) is 9.40. The summed E-state index contributed by atoms with van der Waals surface area (Å²) in [5, 5.41) is 0.224. The quantitative estimate of drug-likeness (QED) is 0.427. The summed E-state index contributed by atoms with van der Waals surface area (Å²) in [6.45, 7) is 3.82. The zero-order valence-electron chi connectivity index (χ0n) is 17.1. The number of aryl methyl sites for hydroxylation is 1. The SMILES string of the molecule is COC(=O)CN1C(=S)N(c2ccc(OC)cc2)C(=O)/C1=C\c1cc(C)n(C)c1C. The third kappa shape index (κ3) is 3.75. The number of amides is 1.